The molecule has 70 valence electrons. The van der Waals surface area contributed by atoms with E-state index < -0.39 is 0 Å². The molecular weight excluding hydrogens is 152 g/mol. The van der Waals surface area contributed by atoms with E-state index >= 15 is 0 Å². The molecule has 0 saturated carbocycles. The lowest BCUT2D eigenvalue weighted by Crippen LogP contribution is -2.13. The molecule has 1 saturated heterocycles. The van der Waals surface area contributed by atoms with Crippen molar-refractivity contribution in [3.8, 4) is 0 Å². The van der Waals surface area contributed by atoms with Crippen molar-refractivity contribution >= 4 is 0 Å². The summed E-state index contributed by atoms with van der Waals surface area (Å²) in [6, 6.07) is 0. The Balaban J connectivity index is 2.07. The molecule has 0 aromatic rings. The zero-order valence-corrected chi connectivity index (χ0v) is 7.79. The Morgan fingerprint density at radius 1 is 1.42 bits per heavy atom. The number of ether oxygens (including phenoxy) is 2. The molecule has 0 aliphatic carbocycles. The fourth-order valence-electron chi connectivity index (χ4n) is 1.34. The van der Waals surface area contributed by atoms with E-state index in [1.165, 1.54) is 12.8 Å². The van der Waals surface area contributed by atoms with Crippen molar-refractivity contribution in [1.82, 2.24) is 0 Å². The third-order valence-electron chi connectivity index (χ3n) is 2.09. The van der Waals surface area contributed by atoms with Crippen LogP contribution >= 0.6 is 0 Å². The summed E-state index contributed by atoms with van der Waals surface area (Å²) in [5.41, 5.74) is 0. The predicted octanol–water partition coefficient (Wildman–Crippen LogP) is 2.01. The average Bonchev–Trinajstić information content (AvgIpc) is 2.14. The van der Waals surface area contributed by atoms with Gasteiger partial charge in [-0.15, -0.1) is 0 Å². The van der Waals surface area contributed by atoms with Crippen molar-refractivity contribution in [2.45, 2.75) is 19.8 Å². The van der Waals surface area contributed by atoms with Crippen LogP contribution in [0.15, 0.2) is 12.2 Å². The molecule has 0 spiro atoms. The Hall–Kier alpha value is -0.340. The highest BCUT2D eigenvalue weighted by Crippen LogP contribution is 2.15. The van der Waals surface area contributed by atoms with Crippen LogP contribution in [0.3, 0.4) is 0 Å². The highest BCUT2D eigenvalue weighted by Gasteiger charge is 2.09. The van der Waals surface area contributed by atoms with Crippen LogP contribution in [-0.4, -0.2) is 26.4 Å². The van der Waals surface area contributed by atoms with Gasteiger partial charge in [0.25, 0.3) is 0 Å². The first-order valence-corrected chi connectivity index (χ1v) is 4.75. The molecule has 1 fully saturated rings. The number of hydrogen-bond donors (Lipinski definition) is 0. The molecule has 0 aromatic carbocycles. The Morgan fingerprint density at radius 2 is 2.17 bits per heavy atom. The minimum atomic E-state index is 0.721. The third kappa shape index (κ3) is 3.88. The molecule has 2 nitrogen and oxygen atoms in total. The second-order valence-electron chi connectivity index (χ2n) is 3.04. The van der Waals surface area contributed by atoms with Gasteiger partial charge in [0.05, 0.1) is 6.61 Å². The Morgan fingerprint density at radius 3 is 2.83 bits per heavy atom. The molecule has 0 unspecified atom stereocenters. The Bertz CT molecular complexity index is 126. The molecule has 12 heavy (non-hydrogen) atoms. The van der Waals surface area contributed by atoms with Crippen LogP contribution in [0.5, 0.6) is 0 Å². The first kappa shape index (κ1) is 9.75. The van der Waals surface area contributed by atoms with Gasteiger partial charge in [0.15, 0.2) is 0 Å². The van der Waals surface area contributed by atoms with E-state index in [-0.39, 0.29) is 0 Å². The summed E-state index contributed by atoms with van der Waals surface area (Å²) in [6.07, 6.45) is 6.73. The van der Waals surface area contributed by atoms with Crippen molar-refractivity contribution in [2.75, 3.05) is 26.4 Å². The van der Waals surface area contributed by atoms with Crippen molar-refractivity contribution in [2.24, 2.45) is 5.92 Å². The van der Waals surface area contributed by atoms with E-state index in [1.54, 1.807) is 0 Å². The molecule has 1 heterocycles. The van der Waals surface area contributed by atoms with Crippen LogP contribution in [0.25, 0.3) is 0 Å². The molecule has 0 atom stereocenters. The molecule has 0 radical (unpaired) electrons. The van der Waals surface area contributed by atoms with Gasteiger partial charge in [0.2, 0.25) is 0 Å². The van der Waals surface area contributed by atoms with E-state index in [0.717, 1.165) is 32.3 Å². The van der Waals surface area contributed by atoms with Crippen LogP contribution in [0.1, 0.15) is 19.8 Å². The Labute approximate surface area is 74.6 Å². The summed E-state index contributed by atoms with van der Waals surface area (Å²) in [6.45, 7) is 5.42. The normalized spacial score (nSPS) is 20.4. The lowest BCUT2D eigenvalue weighted by atomic mass is 10.0. The monoisotopic (exact) mass is 170 g/mol. The molecule has 0 N–H and O–H groups in total. The zero-order valence-electron chi connectivity index (χ0n) is 7.79. The van der Waals surface area contributed by atoms with E-state index in [9.17, 15) is 0 Å². The molecule has 0 bridgehead atoms. The Kier molecular flexibility index (Phi) is 5.04. The van der Waals surface area contributed by atoms with Crippen LogP contribution < -0.4 is 0 Å². The van der Waals surface area contributed by atoms with Gasteiger partial charge in [0.1, 0.15) is 0 Å². The SMILES string of the molecule is CCOC/C=C/C1CCOCC1. The third-order valence-corrected chi connectivity index (χ3v) is 2.09. The van der Waals surface area contributed by atoms with Crippen molar-refractivity contribution in [3.63, 3.8) is 0 Å². The minimum Gasteiger partial charge on any atom is -0.381 e. The van der Waals surface area contributed by atoms with Gasteiger partial charge in [0, 0.05) is 19.8 Å². The number of rotatable bonds is 4. The van der Waals surface area contributed by atoms with E-state index in [2.05, 4.69) is 12.2 Å². The van der Waals surface area contributed by atoms with Gasteiger partial charge >= 0.3 is 0 Å². The maximum Gasteiger partial charge on any atom is 0.0647 e. The smallest absolute Gasteiger partial charge is 0.0647 e. The van der Waals surface area contributed by atoms with Gasteiger partial charge in [-0.2, -0.15) is 0 Å². The van der Waals surface area contributed by atoms with Crippen LogP contribution in [0.2, 0.25) is 0 Å². The molecule has 1 rings (SSSR count). The zero-order chi connectivity index (χ0) is 8.65. The summed E-state index contributed by atoms with van der Waals surface area (Å²) in [5.74, 6) is 0.721. The van der Waals surface area contributed by atoms with E-state index in [0.29, 0.717) is 0 Å². The van der Waals surface area contributed by atoms with E-state index in [1.807, 2.05) is 6.92 Å². The standard InChI is InChI=1S/C10H18O2/c1-2-11-7-3-4-10-5-8-12-9-6-10/h3-4,10H,2,5-9H2,1H3/b4-3+. The first-order valence-electron chi connectivity index (χ1n) is 4.75. The topological polar surface area (TPSA) is 18.5 Å². The molecule has 2 heteroatoms. The molecule has 0 aromatic heterocycles. The van der Waals surface area contributed by atoms with Gasteiger partial charge < -0.3 is 9.47 Å². The summed E-state index contributed by atoms with van der Waals surface area (Å²) in [5, 5.41) is 0. The summed E-state index contributed by atoms with van der Waals surface area (Å²) < 4.78 is 10.5. The van der Waals surface area contributed by atoms with Gasteiger partial charge in [-0.05, 0) is 25.7 Å². The largest absolute Gasteiger partial charge is 0.381 e. The first-order chi connectivity index (χ1) is 5.93. The lowest BCUT2D eigenvalue weighted by molar-refractivity contribution is 0.0782. The molecule has 1 aliphatic rings. The van der Waals surface area contributed by atoms with Gasteiger partial charge in [-0.3, -0.25) is 0 Å². The maximum atomic E-state index is 5.26. The second kappa shape index (κ2) is 6.21. The molecular formula is C10H18O2. The summed E-state index contributed by atoms with van der Waals surface area (Å²) in [4.78, 5) is 0. The maximum absolute atomic E-state index is 5.26. The quantitative estimate of drug-likeness (QED) is 0.474. The highest BCUT2D eigenvalue weighted by molar-refractivity contribution is 4.89. The molecule has 1 aliphatic heterocycles. The van der Waals surface area contributed by atoms with Crippen molar-refractivity contribution in [3.05, 3.63) is 12.2 Å². The number of allylic oxidation sites excluding steroid dienone is 1. The van der Waals surface area contributed by atoms with Crippen LogP contribution in [0.4, 0.5) is 0 Å². The minimum absolute atomic E-state index is 0.721. The summed E-state index contributed by atoms with van der Waals surface area (Å²) >= 11 is 0. The van der Waals surface area contributed by atoms with E-state index in [4.69, 9.17) is 9.47 Å². The fourth-order valence-corrected chi connectivity index (χ4v) is 1.34. The fraction of sp³-hybridized carbons (Fsp3) is 0.800. The summed E-state index contributed by atoms with van der Waals surface area (Å²) in [7, 11) is 0. The highest BCUT2D eigenvalue weighted by atomic mass is 16.5. The van der Waals surface area contributed by atoms with Gasteiger partial charge in [-0.1, -0.05) is 12.2 Å². The average molecular weight is 170 g/mol. The predicted molar refractivity (Wildman–Crippen MR) is 49.2 cm³/mol. The van der Waals surface area contributed by atoms with Crippen LogP contribution in [0, 0.1) is 5.92 Å². The lowest BCUT2D eigenvalue weighted by Gasteiger charge is -2.18. The second-order valence-corrected chi connectivity index (χ2v) is 3.04. The van der Waals surface area contributed by atoms with Crippen molar-refractivity contribution < 1.29 is 9.47 Å². The van der Waals surface area contributed by atoms with Gasteiger partial charge in [-0.25, -0.2) is 0 Å². The van der Waals surface area contributed by atoms with Crippen molar-refractivity contribution in [1.29, 1.82) is 0 Å². The number of hydrogen-bond acceptors (Lipinski definition) is 2. The molecule has 0 amide bonds. The van der Waals surface area contributed by atoms with Crippen LogP contribution in [-0.2, 0) is 9.47 Å².